The van der Waals surface area contributed by atoms with E-state index in [4.69, 9.17) is 11.6 Å². The van der Waals surface area contributed by atoms with Gasteiger partial charge >= 0.3 is 6.18 Å². The molecule has 1 aliphatic heterocycles. The lowest BCUT2D eigenvalue weighted by atomic mass is 10.0. The average Bonchev–Trinajstić information content (AvgIpc) is 2.78. The van der Waals surface area contributed by atoms with Crippen LogP contribution in [0.25, 0.3) is 0 Å². The van der Waals surface area contributed by atoms with E-state index in [1.807, 2.05) is 13.8 Å². The number of amides is 1. The van der Waals surface area contributed by atoms with Gasteiger partial charge in [0.2, 0.25) is 15.9 Å². The molecular formula is C14H16ClF3N2O3S. The molecule has 0 aromatic heterocycles. The lowest BCUT2D eigenvalue weighted by Gasteiger charge is -2.20. The zero-order valence-electron chi connectivity index (χ0n) is 13.0. The second-order valence-corrected chi connectivity index (χ2v) is 8.12. The minimum absolute atomic E-state index is 0.0400. The summed E-state index contributed by atoms with van der Waals surface area (Å²) >= 11 is 5.96. The van der Waals surface area contributed by atoms with Crippen molar-refractivity contribution in [2.24, 2.45) is 0 Å². The number of sulfonamides is 1. The lowest BCUT2D eigenvalue weighted by Crippen LogP contribution is -2.37. The van der Waals surface area contributed by atoms with Gasteiger partial charge in [-0.1, -0.05) is 31.5 Å². The van der Waals surface area contributed by atoms with Crippen LogP contribution in [0, 0.1) is 0 Å². The molecule has 0 radical (unpaired) electrons. The van der Waals surface area contributed by atoms with Crippen molar-refractivity contribution >= 4 is 27.5 Å². The molecule has 0 saturated carbocycles. The van der Waals surface area contributed by atoms with E-state index in [0.717, 1.165) is 5.56 Å². The zero-order chi connectivity index (χ0) is 18.3. The molecule has 0 unspecified atom stereocenters. The van der Waals surface area contributed by atoms with Crippen LogP contribution in [0.5, 0.6) is 0 Å². The summed E-state index contributed by atoms with van der Waals surface area (Å²) in [7, 11) is -4.18. The molecule has 5 nitrogen and oxygen atoms in total. The fraction of sp³-hybridized carbons (Fsp3) is 0.500. The van der Waals surface area contributed by atoms with Crippen molar-refractivity contribution in [1.29, 1.82) is 0 Å². The van der Waals surface area contributed by atoms with Gasteiger partial charge in [-0.3, -0.25) is 4.79 Å². The molecule has 0 spiro atoms. The number of hydrogen-bond donors (Lipinski definition) is 0. The Morgan fingerprint density at radius 3 is 2.46 bits per heavy atom. The van der Waals surface area contributed by atoms with Crippen LogP contribution in [0.4, 0.5) is 13.2 Å². The van der Waals surface area contributed by atoms with Gasteiger partial charge in [-0.25, -0.2) is 8.42 Å². The molecule has 2 rings (SSSR count). The van der Waals surface area contributed by atoms with Crippen LogP contribution < -0.4 is 0 Å². The number of rotatable bonds is 4. The third kappa shape index (κ3) is 4.01. The van der Waals surface area contributed by atoms with E-state index in [-0.39, 0.29) is 15.8 Å². The molecule has 24 heavy (non-hydrogen) atoms. The molecule has 0 bridgehead atoms. The number of benzene rings is 1. The van der Waals surface area contributed by atoms with Gasteiger partial charge < -0.3 is 4.90 Å². The number of halogens is 4. The fourth-order valence-corrected chi connectivity index (χ4v) is 4.16. The highest BCUT2D eigenvalue weighted by molar-refractivity contribution is 7.89. The van der Waals surface area contributed by atoms with Crippen LogP contribution in [0.15, 0.2) is 23.1 Å². The summed E-state index contributed by atoms with van der Waals surface area (Å²) < 4.78 is 63.4. The molecule has 1 aromatic carbocycles. The molecule has 0 aliphatic carbocycles. The topological polar surface area (TPSA) is 57.7 Å². The van der Waals surface area contributed by atoms with E-state index >= 15 is 0 Å². The maximum atomic E-state index is 12.7. The van der Waals surface area contributed by atoms with E-state index in [1.165, 1.54) is 12.1 Å². The van der Waals surface area contributed by atoms with E-state index in [2.05, 4.69) is 0 Å². The minimum atomic E-state index is -4.59. The quantitative estimate of drug-likeness (QED) is 0.802. The highest BCUT2D eigenvalue weighted by atomic mass is 35.5. The molecule has 10 heteroatoms. The highest BCUT2D eigenvalue weighted by Gasteiger charge is 2.42. The van der Waals surface area contributed by atoms with Gasteiger partial charge in [-0.05, 0) is 23.6 Å². The maximum Gasteiger partial charge on any atom is 0.406 e. The van der Waals surface area contributed by atoms with E-state index < -0.39 is 41.9 Å². The number of nitrogens with zero attached hydrogens (tertiary/aromatic N) is 2. The van der Waals surface area contributed by atoms with Crippen molar-refractivity contribution < 1.29 is 26.4 Å². The number of alkyl halides is 3. The predicted molar refractivity (Wildman–Crippen MR) is 82.1 cm³/mol. The number of hydrogen-bond acceptors (Lipinski definition) is 3. The Morgan fingerprint density at radius 1 is 1.29 bits per heavy atom. The standard InChI is InChI=1S/C14H16ClF3N2O3S/c1-9(2)10-3-4-11(15)12(5-10)24(22,23)20-6-13(21)19(8-20)7-14(16,17)18/h3-5,9H,6-8H2,1-2H3. The van der Waals surface area contributed by atoms with Crippen LogP contribution in [0.1, 0.15) is 25.3 Å². The first kappa shape index (κ1) is 19.0. The van der Waals surface area contributed by atoms with Crippen molar-refractivity contribution in [3.63, 3.8) is 0 Å². The summed E-state index contributed by atoms with van der Waals surface area (Å²) in [5, 5.41) is -0.0406. The van der Waals surface area contributed by atoms with Crippen LogP contribution in [0.2, 0.25) is 5.02 Å². The molecule has 0 N–H and O–H groups in total. The first-order valence-corrected chi connectivity index (χ1v) is 8.88. The summed E-state index contributed by atoms with van der Waals surface area (Å²) in [4.78, 5) is 11.9. The minimum Gasteiger partial charge on any atom is -0.318 e. The Kier molecular flexibility index (Phi) is 5.17. The van der Waals surface area contributed by atoms with Crippen LogP contribution in [0.3, 0.4) is 0 Å². The van der Waals surface area contributed by atoms with Crippen LogP contribution in [-0.4, -0.2) is 49.5 Å². The van der Waals surface area contributed by atoms with Crippen molar-refractivity contribution in [3.05, 3.63) is 28.8 Å². The van der Waals surface area contributed by atoms with Gasteiger partial charge in [-0.15, -0.1) is 0 Å². The van der Waals surface area contributed by atoms with Gasteiger partial charge in [0.15, 0.2) is 0 Å². The molecule has 1 heterocycles. The third-order valence-electron chi connectivity index (χ3n) is 3.60. The Bertz CT molecular complexity index is 750. The van der Waals surface area contributed by atoms with Gasteiger partial charge in [-0.2, -0.15) is 17.5 Å². The molecule has 1 amide bonds. The fourth-order valence-electron chi connectivity index (χ4n) is 2.30. The summed E-state index contributed by atoms with van der Waals surface area (Å²) in [6, 6.07) is 4.49. The van der Waals surface area contributed by atoms with Gasteiger partial charge in [0.1, 0.15) is 11.4 Å². The number of carbonyl (C=O) groups excluding carboxylic acids is 1. The van der Waals surface area contributed by atoms with Gasteiger partial charge in [0.05, 0.1) is 18.2 Å². The number of carbonyl (C=O) groups is 1. The second-order valence-electron chi connectivity index (χ2n) is 5.81. The molecular weight excluding hydrogens is 369 g/mol. The summed E-state index contributed by atoms with van der Waals surface area (Å²) in [5.74, 6) is -0.856. The van der Waals surface area contributed by atoms with Crippen molar-refractivity contribution in [1.82, 2.24) is 9.21 Å². The van der Waals surface area contributed by atoms with Crippen molar-refractivity contribution in [2.75, 3.05) is 19.8 Å². The van der Waals surface area contributed by atoms with Gasteiger partial charge in [0, 0.05) is 0 Å². The third-order valence-corrected chi connectivity index (χ3v) is 5.86. The SMILES string of the molecule is CC(C)c1ccc(Cl)c(S(=O)(=O)N2CC(=O)N(CC(F)(F)F)C2)c1. The largest absolute Gasteiger partial charge is 0.406 e. The summed E-state index contributed by atoms with van der Waals surface area (Å²) in [6.07, 6.45) is -4.59. The second kappa shape index (κ2) is 6.53. The zero-order valence-corrected chi connectivity index (χ0v) is 14.5. The van der Waals surface area contributed by atoms with Crippen LogP contribution in [-0.2, 0) is 14.8 Å². The molecule has 1 aromatic rings. The first-order chi connectivity index (χ1) is 10.9. The van der Waals surface area contributed by atoms with E-state index in [1.54, 1.807) is 6.07 Å². The first-order valence-electron chi connectivity index (χ1n) is 7.06. The molecule has 134 valence electrons. The summed E-state index contributed by atoms with van der Waals surface area (Å²) in [5.41, 5.74) is 0.718. The molecule has 0 atom stereocenters. The smallest absolute Gasteiger partial charge is 0.318 e. The monoisotopic (exact) mass is 384 g/mol. The average molecular weight is 385 g/mol. The molecule has 1 saturated heterocycles. The van der Waals surface area contributed by atoms with E-state index in [9.17, 15) is 26.4 Å². The van der Waals surface area contributed by atoms with E-state index in [0.29, 0.717) is 9.21 Å². The molecule has 1 fully saturated rings. The Labute approximate surface area is 143 Å². The van der Waals surface area contributed by atoms with Gasteiger partial charge in [0.25, 0.3) is 0 Å². The highest BCUT2D eigenvalue weighted by Crippen LogP contribution is 2.30. The lowest BCUT2D eigenvalue weighted by molar-refractivity contribution is -0.157. The Morgan fingerprint density at radius 2 is 1.92 bits per heavy atom. The molecule has 1 aliphatic rings. The Hall–Kier alpha value is -1.32. The Balaban J connectivity index is 2.32. The van der Waals surface area contributed by atoms with Crippen molar-refractivity contribution in [2.45, 2.75) is 30.8 Å². The predicted octanol–water partition coefficient (Wildman–Crippen LogP) is 2.82. The maximum absolute atomic E-state index is 12.7. The summed E-state index contributed by atoms with van der Waals surface area (Å²) in [6.45, 7) is 0.954. The normalized spacial score (nSPS) is 17.1. The van der Waals surface area contributed by atoms with Crippen LogP contribution >= 0.6 is 11.6 Å². The van der Waals surface area contributed by atoms with Crippen molar-refractivity contribution in [3.8, 4) is 0 Å².